The van der Waals surface area contributed by atoms with Gasteiger partial charge in [-0.15, -0.1) is 0 Å². The molecule has 2 aliphatic rings. The third-order valence-corrected chi connectivity index (χ3v) is 6.31. The van der Waals surface area contributed by atoms with Crippen molar-refractivity contribution < 1.29 is 13.9 Å². The lowest BCUT2D eigenvalue weighted by Gasteiger charge is -2.31. The molecule has 2 aliphatic carbocycles. The number of nitrogens with zero attached hydrogens (tertiary/aromatic N) is 2. The second-order valence-electron chi connectivity index (χ2n) is 8.27. The summed E-state index contributed by atoms with van der Waals surface area (Å²) in [6.45, 7) is 0. The lowest BCUT2D eigenvalue weighted by molar-refractivity contribution is -0.157. The summed E-state index contributed by atoms with van der Waals surface area (Å²) in [5, 5.41) is 17.3. The molecule has 0 N–H and O–H groups in total. The Morgan fingerprint density at radius 3 is 2.27 bits per heavy atom. The molecule has 3 rings (SSSR count). The third-order valence-electron chi connectivity index (χ3n) is 6.31. The maximum Gasteiger partial charge on any atom is 0.309 e. The van der Waals surface area contributed by atoms with Gasteiger partial charge < -0.3 is 4.74 Å². The zero-order chi connectivity index (χ0) is 21.3. The van der Waals surface area contributed by atoms with Crippen molar-refractivity contribution in [1.82, 2.24) is 0 Å². The molecule has 1 aromatic rings. The molecular weight excluding hydrogens is 379 g/mol. The predicted molar refractivity (Wildman–Crippen MR) is 112 cm³/mol. The van der Waals surface area contributed by atoms with E-state index in [1.165, 1.54) is 17.7 Å². The molecule has 0 aliphatic heterocycles. The minimum absolute atomic E-state index is 0.0173. The molecule has 0 amide bonds. The Morgan fingerprint density at radius 2 is 1.67 bits per heavy atom. The van der Waals surface area contributed by atoms with Crippen molar-refractivity contribution in [2.75, 3.05) is 0 Å². The monoisotopic (exact) mass is 406 g/mol. The van der Waals surface area contributed by atoms with Gasteiger partial charge in [-0.05, 0) is 87.0 Å². The summed E-state index contributed by atoms with van der Waals surface area (Å²) >= 11 is 0. The second kappa shape index (κ2) is 10.7. The van der Waals surface area contributed by atoms with Crippen LogP contribution in [-0.4, -0.2) is 12.1 Å². The molecule has 0 atom stereocenters. The standard InChI is InChI=1S/C25H27FN2O2/c26-23(17-28)3-1-2-18-6-14-24(15-7-18)30-25(29)22-12-10-21(11-13-22)20-8-4-19(16-27)5-9-20/h1-5,8-9,18,21-22,24H,6-7,10-15H2/b2-1+,23-3?/t18?,21-,22-,24?. The zero-order valence-corrected chi connectivity index (χ0v) is 17.1. The van der Waals surface area contributed by atoms with Crippen LogP contribution in [0.5, 0.6) is 0 Å². The number of benzene rings is 1. The van der Waals surface area contributed by atoms with E-state index in [2.05, 4.69) is 6.07 Å². The zero-order valence-electron chi connectivity index (χ0n) is 17.1. The first-order chi connectivity index (χ1) is 14.6. The Balaban J connectivity index is 1.40. The second-order valence-corrected chi connectivity index (χ2v) is 8.27. The van der Waals surface area contributed by atoms with Crippen LogP contribution in [-0.2, 0) is 9.53 Å². The van der Waals surface area contributed by atoms with Crippen LogP contribution in [0.1, 0.15) is 68.4 Å². The van der Waals surface area contributed by atoms with E-state index in [-0.39, 0.29) is 18.0 Å². The molecular formula is C25H27FN2O2. The Labute approximate surface area is 177 Å². The van der Waals surface area contributed by atoms with Gasteiger partial charge >= 0.3 is 5.97 Å². The van der Waals surface area contributed by atoms with Crippen molar-refractivity contribution in [2.45, 2.75) is 63.4 Å². The Kier molecular flexibility index (Phi) is 7.80. The highest BCUT2D eigenvalue weighted by Crippen LogP contribution is 2.37. The fourth-order valence-corrected chi connectivity index (χ4v) is 4.49. The van der Waals surface area contributed by atoms with E-state index in [4.69, 9.17) is 15.3 Å². The predicted octanol–water partition coefficient (Wildman–Crippen LogP) is 5.87. The average Bonchev–Trinajstić information content (AvgIpc) is 2.80. The van der Waals surface area contributed by atoms with Gasteiger partial charge in [0, 0.05) is 0 Å². The first kappa shape index (κ1) is 21.8. The summed E-state index contributed by atoms with van der Waals surface area (Å²) < 4.78 is 18.6. The molecule has 0 radical (unpaired) electrons. The van der Waals surface area contributed by atoms with Gasteiger partial charge in [0.1, 0.15) is 12.2 Å². The molecule has 0 aromatic heterocycles. The topological polar surface area (TPSA) is 73.9 Å². The molecule has 156 valence electrons. The van der Waals surface area contributed by atoms with Crippen molar-refractivity contribution in [3.63, 3.8) is 0 Å². The lowest BCUT2D eigenvalue weighted by Crippen LogP contribution is -2.29. The molecule has 0 saturated heterocycles. The third kappa shape index (κ3) is 6.04. The number of hydrogen-bond donors (Lipinski definition) is 0. The summed E-state index contributed by atoms with van der Waals surface area (Å²) in [6.07, 6.45) is 11.8. The SMILES string of the molecule is N#CC(F)=C/C=C/C1CCC(OC(=O)[C@H]2CC[C@H](c3ccc(C#N)cc3)CC2)CC1. The molecule has 5 heteroatoms. The van der Waals surface area contributed by atoms with E-state index in [9.17, 15) is 9.18 Å². The van der Waals surface area contributed by atoms with Gasteiger partial charge in [0.25, 0.3) is 0 Å². The number of hydrogen-bond acceptors (Lipinski definition) is 4. The van der Waals surface area contributed by atoms with E-state index in [1.807, 2.05) is 30.3 Å². The number of carbonyl (C=O) groups is 1. The van der Waals surface area contributed by atoms with Crippen molar-refractivity contribution in [2.24, 2.45) is 11.8 Å². The van der Waals surface area contributed by atoms with E-state index in [0.29, 0.717) is 17.4 Å². The fourth-order valence-electron chi connectivity index (χ4n) is 4.49. The quantitative estimate of drug-likeness (QED) is 0.348. The minimum atomic E-state index is -0.789. The van der Waals surface area contributed by atoms with Crippen LogP contribution in [0.3, 0.4) is 0 Å². The number of carbonyl (C=O) groups excluding carboxylic acids is 1. The van der Waals surface area contributed by atoms with Crippen LogP contribution in [0.4, 0.5) is 4.39 Å². The van der Waals surface area contributed by atoms with Gasteiger partial charge in [0.15, 0.2) is 5.83 Å². The lowest BCUT2D eigenvalue weighted by atomic mass is 9.78. The van der Waals surface area contributed by atoms with Gasteiger partial charge in [0.05, 0.1) is 17.6 Å². The van der Waals surface area contributed by atoms with Crippen molar-refractivity contribution in [3.05, 3.63) is 59.4 Å². The summed E-state index contributed by atoms with van der Waals surface area (Å²) in [6, 6.07) is 11.4. The molecule has 0 unspecified atom stereocenters. The van der Waals surface area contributed by atoms with Gasteiger partial charge in [-0.2, -0.15) is 14.9 Å². The summed E-state index contributed by atoms with van der Waals surface area (Å²) in [5.74, 6) is -0.0834. The average molecular weight is 407 g/mol. The van der Waals surface area contributed by atoms with Crippen LogP contribution in [0.25, 0.3) is 0 Å². The first-order valence-corrected chi connectivity index (χ1v) is 10.7. The van der Waals surface area contributed by atoms with E-state index in [0.717, 1.165) is 51.4 Å². The minimum Gasteiger partial charge on any atom is -0.462 e. The Hall–Kier alpha value is -2.92. The molecule has 30 heavy (non-hydrogen) atoms. The van der Waals surface area contributed by atoms with Crippen LogP contribution in [0.2, 0.25) is 0 Å². The molecule has 1 aromatic carbocycles. The van der Waals surface area contributed by atoms with E-state index >= 15 is 0 Å². The molecule has 0 spiro atoms. The van der Waals surface area contributed by atoms with Crippen LogP contribution in [0.15, 0.2) is 48.3 Å². The normalized spacial score (nSPS) is 27.2. The van der Waals surface area contributed by atoms with Crippen LogP contribution >= 0.6 is 0 Å². The van der Waals surface area contributed by atoms with Crippen LogP contribution in [0, 0.1) is 34.5 Å². The number of esters is 1. The Bertz CT molecular complexity index is 860. The number of halogens is 1. The van der Waals surface area contributed by atoms with Crippen molar-refractivity contribution in [1.29, 1.82) is 10.5 Å². The summed E-state index contributed by atoms with van der Waals surface area (Å²) in [4.78, 5) is 12.6. The highest BCUT2D eigenvalue weighted by atomic mass is 19.1. The van der Waals surface area contributed by atoms with Crippen molar-refractivity contribution in [3.8, 4) is 12.1 Å². The molecule has 2 fully saturated rings. The molecule has 0 bridgehead atoms. The van der Waals surface area contributed by atoms with Crippen molar-refractivity contribution >= 4 is 5.97 Å². The Morgan fingerprint density at radius 1 is 1.00 bits per heavy atom. The van der Waals surface area contributed by atoms with Gasteiger partial charge in [-0.1, -0.05) is 24.3 Å². The number of nitriles is 2. The summed E-state index contributed by atoms with van der Waals surface area (Å²) in [5.41, 5.74) is 1.92. The van der Waals surface area contributed by atoms with E-state index < -0.39 is 5.83 Å². The smallest absolute Gasteiger partial charge is 0.309 e. The van der Waals surface area contributed by atoms with Crippen LogP contribution < -0.4 is 0 Å². The highest BCUT2D eigenvalue weighted by Gasteiger charge is 2.30. The maximum absolute atomic E-state index is 12.8. The van der Waals surface area contributed by atoms with Gasteiger partial charge in [-0.3, -0.25) is 4.79 Å². The number of ether oxygens (including phenoxy) is 1. The molecule has 2 saturated carbocycles. The largest absolute Gasteiger partial charge is 0.462 e. The molecule has 0 heterocycles. The number of rotatable bonds is 5. The summed E-state index contributed by atoms with van der Waals surface area (Å²) in [7, 11) is 0. The molecule has 4 nitrogen and oxygen atoms in total. The highest BCUT2D eigenvalue weighted by molar-refractivity contribution is 5.72. The van der Waals surface area contributed by atoms with Gasteiger partial charge in [0.2, 0.25) is 0 Å². The maximum atomic E-state index is 12.8. The fraction of sp³-hybridized carbons (Fsp3) is 0.480. The van der Waals surface area contributed by atoms with E-state index in [1.54, 1.807) is 6.08 Å². The van der Waals surface area contributed by atoms with Gasteiger partial charge in [-0.25, -0.2) is 0 Å². The first-order valence-electron chi connectivity index (χ1n) is 10.7. The number of allylic oxidation sites excluding steroid dienone is 4.